The van der Waals surface area contributed by atoms with Crippen LogP contribution in [0, 0.1) is 0 Å². The molecule has 0 bridgehead atoms. The number of carbonyl (C=O) groups is 2. The van der Waals surface area contributed by atoms with Crippen molar-refractivity contribution in [3.05, 3.63) is 29.8 Å². The van der Waals surface area contributed by atoms with Gasteiger partial charge < -0.3 is 15.2 Å². The fourth-order valence-electron chi connectivity index (χ4n) is 1.73. The van der Waals surface area contributed by atoms with E-state index in [-0.39, 0.29) is 12.3 Å². The van der Waals surface area contributed by atoms with Gasteiger partial charge in [0.1, 0.15) is 5.75 Å². The number of carboxylic acid groups (broad SMARTS) is 1. The largest absolute Gasteiger partial charge is 0.494 e. The van der Waals surface area contributed by atoms with E-state index in [1.165, 1.54) is 0 Å². The summed E-state index contributed by atoms with van der Waals surface area (Å²) < 4.78 is 5.31. The van der Waals surface area contributed by atoms with E-state index in [1.54, 1.807) is 24.3 Å². The molecule has 0 spiro atoms. The number of rotatable bonds is 7. The van der Waals surface area contributed by atoms with E-state index in [9.17, 15) is 9.59 Å². The van der Waals surface area contributed by atoms with Gasteiger partial charge in [-0.3, -0.25) is 9.59 Å². The van der Waals surface area contributed by atoms with E-state index in [0.717, 1.165) is 0 Å². The lowest BCUT2D eigenvalue weighted by Crippen LogP contribution is -2.43. The Hall–Kier alpha value is -2.04. The Kier molecular flexibility index (Phi) is 5.55. The lowest BCUT2D eigenvalue weighted by Gasteiger charge is -2.25. The molecule has 2 N–H and O–H groups in total. The van der Waals surface area contributed by atoms with Crippen molar-refractivity contribution in [3.63, 3.8) is 0 Å². The molecule has 0 radical (unpaired) electrons. The maximum Gasteiger partial charge on any atom is 0.303 e. The molecule has 1 amide bonds. The highest BCUT2D eigenvalue weighted by molar-refractivity contribution is 5.94. The van der Waals surface area contributed by atoms with Gasteiger partial charge in [0, 0.05) is 17.5 Å². The monoisotopic (exact) mass is 279 g/mol. The Balaban J connectivity index is 2.63. The van der Waals surface area contributed by atoms with Gasteiger partial charge in [0.15, 0.2) is 0 Å². The first-order chi connectivity index (χ1) is 9.34. The zero-order valence-electron chi connectivity index (χ0n) is 12.1. The van der Waals surface area contributed by atoms with Gasteiger partial charge in [-0.2, -0.15) is 0 Å². The molecule has 0 aliphatic heterocycles. The lowest BCUT2D eigenvalue weighted by atomic mass is 9.98. The average Bonchev–Trinajstić information content (AvgIpc) is 2.37. The molecule has 1 aromatic rings. The lowest BCUT2D eigenvalue weighted by molar-refractivity contribution is -0.137. The van der Waals surface area contributed by atoms with Crippen molar-refractivity contribution in [2.24, 2.45) is 0 Å². The minimum Gasteiger partial charge on any atom is -0.494 e. The highest BCUT2D eigenvalue weighted by Crippen LogP contribution is 2.15. The van der Waals surface area contributed by atoms with Crippen LogP contribution < -0.4 is 10.1 Å². The Labute approximate surface area is 118 Å². The van der Waals surface area contributed by atoms with Crippen molar-refractivity contribution in [3.8, 4) is 5.75 Å². The molecule has 5 nitrogen and oxygen atoms in total. The van der Waals surface area contributed by atoms with Gasteiger partial charge in [0.25, 0.3) is 5.91 Å². The highest BCUT2D eigenvalue weighted by atomic mass is 16.5. The van der Waals surface area contributed by atoms with E-state index >= 15 is 0 Å². The predicted octanol–water partition coefficient (Wildman–Crippen LogP) is 2.46. The summed E-state index contributed by atoms with van der Waals surface area (Å²) in [5.41, 5.74) is -0.0366. The summed E-state index contributed by atoms with van der Waals surface area (Å²) in [6.07, 6.45) is 0.404. The van der Waals surface area contributed by atoms with Crippen LogP contribution in [0.1, 0.15) is 44.0 Å². The van der Waals surface area contributed by atoms with Gasteiger partial charge >= 0.3 is 5.97 Å². The number of ether oxygens (including phenoxy) is 1. The average molecular weight is 279 g/mol. The summed E-state index contributed by atoms with van der Waals surface area (Å²) in [6.45, 7) is 6.09. The normalized spacial score (nSPS) is 10.9. The van der Waals surface area contributed by atoms with Crippen molar-refractivity contribution in [1.29, 1.82) is 0 Å². The number of hydrogen-bond donors (Lipinski definition) is 2. The fraction of sp³-hybridized carbons (Fsp3) is 0.467. The second kappa shape index (κ2) is 6.93. The van der Waals surface area contributed by atoms with Crippen LogP contribution in [0.2, 0.25) is 0 Å². The molecule has 0 aromatic heterocycles. The Bertz CT molecular complexity index is 465. The molecule has 0 saturated carbocycles. The van der Waals surface area contributed by atoms with Gasteiger partial charge in [-0.15, -0.1) is 0 Å². The smallest absolute Gasteiger partial charge is 0.303 e. The third-order valence-corrected chi connectivity index (χ3v) is 2.84. The van der Waals surface area contributed by atoms with Gasteiger partial charge in [0.2, 0.25) is 0 Å². The Morgan fingerprint density at radius 2 is 1.85 bits per heavy atom. The minimum atomic E-state index is -0.867. The fourth-order valence-corrected chi connectivity index (χ4v) is 1.73. The highest BCUT2D eigenvalue weighted by Gasteiger charge is 2.22. The quantitative estimate of drug-likeness (QED) is 0.804. The number of carboxylic acids is 1. The van der Waals surface area contributed by atoms with Crippen molar-refractivity contribution < 1.29 is 19.4 Å². The van der Waals surface area contributed by atoms with Gasteiger partial charge in [-0.1, -0.05) is 0 Å². The standard InChI is InChI=1S/C15H21NO4/c1-4-20-12-7-5-11(6-8-12)14(19)16-15(2,3)10-9-13(17)18/h5-8H,4,9-10H2,1-3H3,(H,16,19)(H,17,18). The minimum absolute atomic E-state index is 0.0244. The number of carbonyl (C=O) groups excluding carboxylic acids is 1. The molecule has 1 aromatic carbocycles. The molecule has 5 heteroatoms. The molecule has 0 aliphatic carbocycles. The van der Waals surface area contributed by atoms with Crippen LogP contribution in [0.3, 0.4) is 0 Å². The number of hydrogen-bond acceptors (Lipinski definition) is 3. The van der Waals surface area contributed by atoms with Gasteiger partial charge in [0.05, 0.1) is 6.61 Å². The van der Waals surface area contributed by atoms with Crippen molar-refractivity contribution in [2.75, 3.05) is 6.61 Å². The summed E-state index contributed by atoms with van der Waals surface area (Å²) in [5.74, 6) is -0.369. The maximum atomic E-state index is 12.1. The van der Waals surface area contributed by atoms with E-state index < -0.39 is 11.5 Å². The van der Waals surface area contributed by atoms with Crippen LogP contribution >= 0.6 is 0 Å². The first-order valence-electron chi connectivity index (χ1n) is 6.61. The van der Waals surface area contributed by atoms with Gasteiger partial charge in [-0.05, 0) is 51.5 Å². The van der Waals surface area contributed by atoms with Crippen molar-refractivity contribution in [1.82, 2.24) is 5.32 Å². The van der Waals surface area contributed by atoms with Crippen molar-refractivity contribution in [2.45, 2.75) is 39.2 Å². The van der Waals surface area contributed by atoms with E-state index in [4.69, 9.17) is 9.84 Å². The first-order valence-corrected chi connectivity index (χ1v) is 6.61. The molecular weight excluding hydrogens is 258 g/mol. The summed E-state index contributed by atoms with van der Waals surface area (Å²) in [5, 5.41) is 11.5. The van der Waals surface area contributed by atoms with E-state index in [1.807, 2.05) is 20.8 Å². The Morgan fingerprint density at radius 1 is 1.25 bits per heavy atom. The molecule has 0 aliphatic rings. The molecule has 0 saturated heterocycles. The molecule has 110 valence electrons. The summed E-state index contributed by atoms with van der Waals surface area (Å²) >= 11 is 0. The molecule has 0 atom stereocenters. The van der Waals surface area contributed by atoms with Gasteiger partial charge in [-0.25, -0.2) is 0 Å². The van der Waals surface area contributed by atoms with Crippen LogP contribution in [-0.4, -0.2) is 29.1 Å². The third-order valence-electron chi connectivity index (χ3n) is 2.84. The molecule has 0 fully saturated rings. The summed E-state index contributed by atoms with van der Waals surface area (Å²) in [6, 6.07) is 6.85. The second-order valence-electron chi connectivity index (χ2n) is 5.19. The second-order valence-corrected chi connectivity index (χ2v) is 5.19. The summed E-state index contributed by atoms with van der Waals surface area (Å²) in [7, 11) is 0. The number of nitrogens with one attached hydrogen (secondary N) is 1. The topological polar surface area (TPSA) is 75.6 Å². The number of aliphatic carboxylic acids is 1. The number of benzene rings is 1. The van der Waals surface area contributed by atoms with Crippen LogP contribution in [0.5, 0.6) is 5.75 Å². The Morgan fingerprint density at radius 3 is 2.35 bits per heavy atom. The zero-order chi connectivity index (χ0) is 15.2. The van der Waals surface area contributed by atoms with Crippen LogP contribution in [-0.2, 0) is 4.79 Å². The molecule has 0 heterocycles. The van der Waals surface area contributed by atoms with E-state index in [0.29, 0.717) is 24.3 Å². The number of amides is 1. The van der Waals surface area contributed by atoms with Crippen LogP contribution in [0.25, 0.3) is 0 Å². The van der Waals surface area contributed by atoms with Crippen LogP contribution in [0.4, 0.5) is 0 Å². The first kappa shape index (κ1) is 16.0. The molecular formula is C15H21NO4. The third kappa shape index (κ3) is 5.30. The predicted molar refractivity (Wildman–Crippen MR) is 76.0 cm³/mol. The molecule has 20 heavy (non-hydrogen) atoms. The summed E-state index contributed by atoms with van der Waals surface area (Å²) in [4.78, 5) is 22.6. The zero-order valence-corrected chi connectivity index (χ0v) is 12.1. The maximum absolute atomic E-state index is 12.1. The van der Waals surface area contributed by atoms with Crippen LogP contribution in [0.15, 0.2) is 24.3 Å². The molecule has 1 rings (SSSR count). The van der Waals surface area contributed by atoms with E-state index in [2.05, 4.69) is 5.32 Å². The SMILES string of the molecule is CCOc1ccc(C(=O)NC(C)(C)CCC(=O)O)cc1. The van der Waals surface area contributed by atoms with Crippen molar-refractivity contribution >= 4 is 11.9 Å². The molecule has 0 unspecified atom stereocenters.